The summed E-state index contributed by atoms with van der Waals surface area (Å²) in [6.45, 7) is 15.0. The van der Waals surface area contributed by atoms with E-state index in [0.717, 1.165) is 5.92 Å². The molecule has 1 heteroatoms. The third-order valence-electron chi connectivity index (χ3n) is 4.12. The van der Waals surface area contributed by atoms with Gasteiger partial charge in [0, 0.05) is 12.6 Å². The van der Waals surface area contributed by atoms with Crippen LogP contribution in [0.1, 0.15) is 67.2 Å². The van der Waals surface area contributed by atoms with Gasteiger partial charge in [-0.2, -0.15) is 0 Å². The molecule has 0 bridgehead atoms. The molecule has 0 aliphatic carbocycles. The van der Waals surface area contributed by atoms with Gasteiger partial charge in [0.1, 0.15) is 0 Å². The number of hydrogen-bond donors (Lipinski definition) is 1. The zero-order valence-corrected chi connectivity index (χ0v) is 11.7. The van der Waals surface area contributed by atoms with Crippen molar-refractivity contribution >= 4 is 0 Å². The monoisotopic (exact) mass is 213 g/mol. The highest BCUT2D eigenvalue weighted by Gasteiger charge is 2.33. The molecular weight excluding hydrogens is 182 g/mol. The van der Waals surface area contributed by atoms with Crippen molar-refractivity contribution in [1.82, 2.24) is 5.32 Å². The van der Waals surface area contributed by atoms with Gasteiger partial charge in [0.2, 0.25) is 0 Å². The molecule has 0 rings (SSSR count). The first kappa shape index (κ1) is 15.0. The normalized spacial score (nSPS) is 12.8. The summed E-state index contributed by atoms with van der Waals surface area (Å²) in [5.74, 6) is 0.874. The molecule has 0 aromatic heterocycles. The van der Waals surface area contributed by atoms with E-state index in [2.05, 4.69) is 46.9 Å². The quantitative estimate of drug-likeness (QED) is 0.636. The van der Waals surface area contributed by atoms with Crippen LogP contribution in [0.4, 0.5) is 0 Å². The Bertz CT molecular complexity index is 143. The lowest BCUT2D eigenvalue weighted by atomic mass is 9.69. The molecule has 0 aromatic rings. The lowest BCUT2D eigenvalue weighted by Crippen LogP contribution is -2.41. The summed E-state index contributed by atoms with van der Waals surface area (Å²) >= 11 is 0. The van der Waals surface area contributed by atoms with Gasteiger partial charge in [-0.15, -0.1) is 0 Å². The second-order valence-corrected chi connectivity index (χ2v) is 5.12. The summed E-state index contributed by atoms with van der Waals surface area (Å²) < 4.78 is 0. The van der Waals surface area contributed by atoms with Crippen LogP contribution in [0, 0.1) is 11.3 Å². The summed E-state index contributed by atoms with van der Waals surface area (Å²) in [5.41, 5.74) is 0.522. The Balaban J connectivity index is 4.54. The van der Waals surface area contributed by atoms with Gasteiger partial charge < -0.3 is 5.32 Å². The molecule has 0 atom stereocenters. The predicted molar refractivity (Wildman–Crippen MR) is 70.2 cm³/mol. The molecule has 1 N–H and O–H groups in total. The fourth-order valence-corrected chi connectivity index (χ4v) is 2.78. The lowest BCUT2D eigenvalue weighted by molar-refractivity contribution is 0.125. The largest absolute Gasteiger partial charge is 0.314 e. The first-order valence-corrected chi connectivity index (χ1v) is 6.79. The molecule has 0 radical (unpaired) electrons. The van der Waals surface area contributed by atoms with Crippen molar-refractivity contribution in [2.75, 3.05) is 6.54 Å². The number of nitrogens with one attached hydrogen (secondary N) is 1. The molecule has 0 spiro atoms. The fourth-order valence-electron chi connectivity index (χ4n) is 2.78. The Morgan fingerprint density at radius 2 is 1.40 bits per heavy atom. The first-order chi connectivity index (χ1) is 7.06. The minimum atomic E-state index is 0.522. The second-order valence-electron chi connectivity index (χ2n) is 5.12. The molecule has 0 aliphatic heterocycles. The molecule has 0 amide bonds. The maximum Gasteiger partial charge on any atom is 0.00126 e. The molecule has 15 heavy (non-hydrogen) atoms. The maximum absolute atomic E-state index is 3.64. The van der Waals surface area contributed by atoms with Crippen molar-refractivity contribution in [2.45, 2.75) is 73.3 Å². The van der Waals surface area contributed by atoms with Crippen LogP contribution in [0.15, 0.2) is 0 Å². The highest BCUT2D eigenvalue weighted by molar-refractivity contribution is 4.85. The number of rotatable bonds is 8. The Morgan fingerprint density at radius 1 is 0.933 bits per heavy atom. The highest BCUT2D eigenvalue weighted by atomic mass is 14.9. The Morgan fingerprint density at radius 3 is 1.67 bits per heavy atom. The SMILES string of the molecule is CCC(CC)C(CC)(CC)CNC(C)C. The van der Waals surface area contributed by atoms with Gasteiger partial charge in [0.15, 0.2) is 0 Å². The summed E-state index contributed by atoms with van der Waals surface area (Å²) in [5, 5.41) is 3.64. The molecule has 0 unspecified atom stereocenters. The maximum atomic E-state index is 3.64. The van der Waals surface area contributed by atoms with Gasteiger partial charge in [0.05, 0.1) is 0 Å². The minimum Gasteiger partial charge on any atom is -0.314 e. The van der Waals surface area contributed by atoms with E-state index in [1.54, 1.807) is 0 Å². The average molecular weight is 213 g/mol. The summed E-state index contributed by atoms with van der Waals surface area (Å²) in [6, 6.07) is 0.608. The van der Waals surface area contributed by atoms with E-state index in [4.69, 9.17) is 0 Å². The Kier molecular flexibility index (Phi) is 7.25. The standard InChI is InChI=1S/C14H31N/c1-7-13(8-2)14(9-3,10-4)11-15-12(5)6/h12-13,15H,7-11H2,1-6H3. The van der Waals surface area contributed by atoms with Gasteiger partial charge in [-0.1, -0.05) is 54.4 Å². The zero-order valence-electron chi connectivity index (χ0n) is 11.7. The summed E-state index contributed by atoms with van der Waals surface area (Å²) in [4.78, 5) is 0. The highest BCUT2D eigenvalue weighted by Crippen LogP contribution is 2.38. The van der Waals surface area contributed by atoms with Gasteiger partial charge in [0.25, 0.3) is 0 Å². The van der Waals surface area contributed by atoms with Crippen molar-refractivity contribution < 1.29 is 0 Å². The molecule has 0 aliphatic rings. The predicted octanol–water partition coefficient (Wildman–Crippen LogP) is 4.23. The van der Waals surface area contributed by atoms with Crippen LogP contribution < -0.4 is 5.32 Å². The summed E-state index contributed by atoms with van der Waals surface area (Å²) in [7, 11) is 0. The van der Waals surface area contributed by atoms with Crippen molar-refractivity contribution in [3.05, 3.63) is 0 Å². The van der Waals surface area contributed by atoms with E-state index in [-0.39, 0.29) is 0 Å². The van der Waals surface area contributed by atoms with Crippen LogP contribution in [-0.4, -0.2) is 12.6 Å². The topological polar surface area (TPSA) is 12.0 Å². The van der Waals surface area contributed by atoms with E-state index in [1.165, 1.54) is 32.2 Å². The van der Waals surface area contributed by atoms with Gasteiger partial charge in [-0.25, -0.2) is 0 Å². The molecule has 92 valence electrons. The zero-order chi connectivity index (χ0) is 11.9. The Labute approximate surface area is 97.0 Å². The van der Waals surface area contributed by atoms with Gasteiger partial charge >= 0.3 is 0 Å². The molecule has 1 nitrogen and oxygen atoms in total. The third kappa shape index (κ3) is 4.14. The smallest absolute Gasteiger partial charge is 0.00126 e. The van der Waals surface area contributed by atoms with Crippen LogP contribution in [0.5, 0.6) is 0 Å². The lowest BCUT2D eigenvalue weighted by Gasteiger charge is -2.40. The molecule has 0 saturated heterocycles. The van der Waals surface area contributed by atoms with Crippen LogP contribution in [0.2, 0.25) is 0 Å². The van der Waals surface area contributed by atoms with Crippen molar-refractivity contribution in [3.63, 3.8) is 0 Å². The molecule has 0 aromatic carbocycles. The molecular formula is C14H31N. The van der Waals surface area contributed by atoms with E-state index < -0.39 is 0 Å². The van der Waals surface area contributed by atoms with Crippen molar-refractivity contribution in [1.29, 1.82) is 0 Å². The first-order valence-electron chi connectivity index (χ1n) is 6.79. The van der Waals surface area contributed by atoms with E-state index in [0.29, 0.717) is 11.5 Å². The summed E-state index contributed by atoms with van der Waals surface area (Å²) in [6.07, 6.45) is 5.24. The molecule has 0 saturated carbocycles. The van der Waals surface area contributed by atoms with E-state index in [9.17, 15) is 0 Å². The van der Waals surface area contributed by atoms with E-state index in [1.807, 2.05) is 0 Å². The fraction of sp³-hybridized carbons (Fsp3) is 1.00. The van der Waals surface area contributed by atoms with Gasteiger partial charge in [-0.3, -0.25) is 0 Å². The average Bonchev–Trinajstić information content (AvgIpc) is 2.24. The van der Waals surface area contributed by atoms with Crippen LogP contribution in [0.25, 0.3) is 0 Å². The molecule has 0 fully saturated rings. The van der Waals surface area contributed by atoms with Crippen LogP contribution >= 0.6 is 0 Å². The van der Waals surface area contributed by atoms with Gasteiger partial charge in [-0.05, 0) is 24.2 Å². The third-order valence-corrected chi connectivity index (χ3v) is 4.12. The molecule has 0 heterocycles. The van der Waals surface area contributed by atoms with Crippen LogP contribution in [0.3, 0.4) is 0 Å². The second kappa shape index (κ2) is 7.27. The number of hydrogen-bond acceptors (Lipinski definition) is 1. The van der Waals surface area contributed by atoms with Crippen molar-refractivity contribution in [3.8, 4) is 0 Å². The van der Waals surface area contributed by atoms with Crippen LogP contribution in [-0.2, 0) is 0 Å². The Hall–Kier alpha value is -0.0400. The minimum absolute atomic E-state index is 0.522. The van der Waals surface area contributed by atoms with E-state index >= 15 is 0 Å². The van der Waals surface area contributed by atoms with Crippen molar-refractivity contribution in [2.24, 2.45) is 11.3 Å².